The highest BCUT2D eigenvalue weighted by Crippen LogP contribution is 2.26. The molecule has 0 amide bonds. The monoisotopic (exact) mass is 400 g/mol. The topological polar surface area (TPSA) is 60.2 Å². The number of halogens is 2. The van der Waals surface area contributed by atoms with Crippen molar-refractivity contribution in [2.45, 2.75) is 18.6 Å². The number of aromatic nitrogens is 3. The predicted octanol–water partition coefficient (Wildman–Crippen LogP) is 3.42. The summed E-state index contributed by atoms with van der Waals surface area (Å²) in [6.45, 7) is 5.75. The Morgan fingerprint density at radius 1 is 1.24 bits per heavy atom. The van der Waals surface area contributed by atoms with Crippen LogP contribution in [-0.4, -0.2) is 52.6 Å². The molecule has 9 heteroatoms. The van der Waals surface area contributed by atoms with Crippen LogP contribution in [-0.2, 0) is 11.3 Å². The third-order valence-corrected chi connectivity index (χ3v) is 5.59. The number of ketones is 1. The Morgan fingerprint density at radius 2 is 2.00 bits per heavy atom. The molecule has 0 unspecified atom stereocenters. The van der Waals surface area contributed by atoms with Crippen LogP contribution in [0.5, 0.6) is 0 Å². The highest BCUT2D eigenvalue weighted by atomic mass is 35.5. The Morgan fingerprint density at radius 3 is 2.68 bits per heavy atom. The second kappa shape index (κ2) is 8.40. The normalized spacial score (nSPS) is 14.8. The lowest BCUT2D eigenvalue weighted by Gasteiger charge is -2.27. The van der Waals surface area contributed by atoms with Gasteiger partial charge in [0, 0.05) is 25.2 Å². The van der Waals surface area contributed by atoms with Crippen molar-refractivity contribution in [1.82, 2.24) is 14.8 Å². The number of hydrogen-bond acceptors (Lipinski definition) is 6. The van der Waals surface area contributed by atoms with Gasteiger partial charge in [-0.25, -0.2) is 0 Å². The van der Waals surface area contributed by atoms with Gasteiger partial charge in [0.05, 0.1) is 29.0 Å². The Bertz CT molecular complexity index is 763. The van der Waals surface area contributed by atoms with Crippen LogP contribution >= 0.6 is 35.0 Å². The minimum absolute atomic E-state index is 0.0258. The van der Waals surface area contributed by atoms with Crippen molar-refractivity contribution >= 4 is 46.7 Å². The highest BCUT2D eigenvalue weighted by Gasteiger charge is 2.20. The number of nitrogens with zero attached hydrogens (tertiary/aromatic N) is 4. The van der Waals surface area contributed by atoms with E-state index in [0.717, 1.165) is 30.7 Å². The van der Waals surface area contributed by atoms with Crippen LogP contribution in [0.3, 0.4) is 0 Å². The maximum atomic E-state index is 12.4. The zero-order valence-corrected chi connectivity index (χ0v) is 16.1. The van der Waals surface area contributed by atoms with Gasteiger partial charge in [-0.2, -0.15) is 0 Å². The summed E-state index contributed by atoms with van der Waals surface area (Å²) in [6, 6.07) is 4.91. The van der Waals surface area contributed by atoms with E-state index in [1.165, 1.54) is 11.8 Å². The van der Waals surface area contributed by atoms with Crippen molar-refractivity contribution in [2.75, 3.05) is 37.0 Å². The molecule has 0 spiro atoms. The highest BCUT2D eigenvalue weighted by molar-refractivity contribution is 7.99. The fraction of sp³-hybridized carbons (Fsp3) is 0.438. The summed E-state index contributed by atoms with van der Waals surface area (Å²) in [7, 11) is 0. The number of hydrogen-bond donors (Lipinski definition) is 0. The summed E-state index contributed by atoms with van der Waals surface area (Å²) in [4.78, 5) is 14.5. The smallest absolute Gasteiger partial charge is 0.228 e. The number of carbonyl (C=O) groups excluding carboxylic acids is 1. The predicted molar refractivity (Wildman–Crippen MR) is 100 cm³/mol. The Kier molecular flexibility index (Phi) is 6.22. The van der Waals surface area contributed by atoms with Crippen molar-refractivity contribution < 1.29 is 9.53 Å². The van der Waals surface area contributed by atoms with Gasteiger partial charge in [-0.3, -0.25) is 9.36 Å². The van der Waals surface area contributed by atoms with Gasteiger partial charge in [0.1, 0.15) is 0 Å². The molecule has 1 fully saturated rings. The van der Waals surface area contributed by atoms with Crippen LogP contribution in [0.1, 0.15) is 17.3 Å². The number of carbonyl (C=O) groups is 1. The van der Waals surface area contributed by atoms with E-state index in [4.69, 9.17) is 27.9 Å². The maximum Gasteiger partial charge on any atom is 0.228 e. The standard InChI is InChI=1S/C16H18Cl2N4O2S/c1-2-22-15(21-5-7-24-8-6-21)19-20-16(22)25-10-14(23)11-3-4-12(17)13(18)9-11/h3-4,9H,2,5-8,10H2,1H3. The lowest BCUT2D eigenvalue weighted by molar-refractivity contribution is 0.102. The lowest BCUT2D eigenvalue weighted by Crippen LogP contribution is -2.38. The molecule has 2 aromatic rings. The van der Waals surface area contributed by atoms with Crippen LogP contribution < -0.4 is 4.90 Å². The summed E-state index contributed by atoms with van der Waals surface area (Å²) in [5.74, 6) is 1.07. The number of Topliss-reactive ketones (excluding diaryl/α,β-unsaturated/α-hetero) is 1. The summed E-state index contributed by atoms with van der Waals surface area (Å²) in [5.41, 5.74) is 0.540. The van der Waals surface area contributed by atoms with Crippen molar-refractivity contribution in [3.8, 4) is 0 Å². The van der Waals surface area contributed by atoms with Crippen molar-refractivity contribution in [2.24, 2.45) is 0 Å². The molecule has 1 aromatic heterocycles. The third-order valence-electron chi connectivity index (χ3n) is 3.88. The molecule has 1 aliphatic heterocycles. The quantitative estimate of drug-likeness (QED) is 0.546. The Hall–Kier alpha value is -1.28. The minimum atomic E-state index is -0.0258. The molecule has 1 aromatic carbocycles. The first-order valence-corrected chi connectivity index (χ1v) is 9.71. The molecule has 2 heterocycles. The van der Waals surface area contributed by atoms with Crippen LogP contribution in [0, 0.1) is 0 Å². The third kappa shape index (κ3) is 4.28. The first-order chi connectivity index (χ1) is 12.1. The largest absolute Gasteiger partial charge is 0.378 e. The number of benzene rings is 1. The van der Waals surface area contributed by atoms with E-state index in [0.29, 0.717) is 28.8 Å². The van der Waals surface area contributed by atoms with Gasteiger partial charge in [-0.05, 0) is 25.1 Å². The molecule has 0 bridgehead atoms. The second-order valence-corrected chi connectivity index (χ2v) is 7.22. The number of thioether (sulfide) groups is 1. The molecular weight excluding hydrogens is 383 g/mol. The van der Waals surface area contributed by atoms with E-state index in [1.54, 1.807) is 18.2 Å². The molecule has 25 heavy (non-hydrogen) atoms. The average Bonchev–Trinajstić information content (AvgIpc) is 3.05. The van der Waals surface area contributed by atoms with Crippen LogP contribution in [0.25, 0.3) is 0 Å². The molecule has 134 valence electrons. The Labute approximate surface area is 160 Å². The molecule has 1 aliphatic rings. The zero-order valence-electron chi connectivity index (χ0n) is 13.7. The fourth-order valence-electron chi connectivity index (χ4n) is 2.54. The van der Waals surface area contributed by atoms with Crippen LogP contribution in [0.15, 0.2) is 23.4 Å². The van der Waals surface area contributed by atoms with Gasteiger partial charge in [0.2, 0.25) is 5.95 Å². The fourth-order valence-corrected chi connectivity index (χ4v) is 3.73. The van der Waals surface area contributed by atoms with Crippen LogP contribution in [0.2, 0.25) is 10.0 Å². The van der Waals surface area contributed by atoms with E-state index < -0.39 is 0 Å². The van der Waals surface area contributed by atoms with Gasteiger partial charge < -0.3 is 9.64 Å². The SMILES string of the molecule is CCn1c(SCC(=O)c2ccc(Cl)c(Cl)c2)nnc1N1CCOCC1. The van der Waals surface area contributed by atoms with E-state index >= 15 is 0 Å². The number of ether oxygens (including phenoxy) is 1. The first-order valence-electron chi connectivity index (χ1n) is 7.97. The minimum Gasteiger partial charge on any atom is -0.378 e. The molecule has 1 saturated heterocycles. The second-order valence-electron chi connectivity index (χ2n) is 5.47. The molecule has 0 N–H and O–H groups in total. The van der Waals surface area contributed by atoms with Gasteiger partial charge in [0.25, 0.3) is 0 Å². The molecule has 0 atom stereocenters. The molecule has 0 radical (unpaired) electrons. The first kappa shape index (κ1) is 18.5. The number of anilines is 1. The summed E-state index contributed by atoms with van der Waals surface area (Å²) in [5, 5.41) is 10.1. The zero-order chi connectivity index (χ0) is 17.8. The van der Waals surface area contributed by atoms with E-state index in [1.807, 2.05) is 11.5 Å². The molecule has 6 nitrogen and oxygen atoms in total. The molecular formula is C16H18Cl2N4O2S. The lowest BCUT2D eigenvalue weighted by atomic mass is 10.1. The van der Waals surface area contributed by atoms with Gasteiger partial charge in [-0.15, -0.1) is 10.2 Å². The van der Waals surface area contributed by atoms with Crippen molar-refractivity contribution in [1.29, 1.82) is 0 Å². The molecule has 0 saturated carbocycles. The van der Waals surface area contributed by atoms with E-state index in [2.05, 4.69) is 15.1 Å². The number of morpholine rings is 1. The van der Waals surface area contributed by atoms with Gasteiger partial charge >= 0.3 is 0 Å². The summed E-state index contributed by atoms with van der Waals surface area (Å²) in [6.07, 6.45) is 0. The molecule has 3 rings (SSSR count). The van der Waals surface area contributed by atoms with Gasteiger partial charge in [0.15, 0.2) is 10.9 Å². The summed E-state index contributed by atoms with van der Waals surface area (Å²) < 4.78 is 7.40. The number of rotatable bonds is 6. The average molecular weight is 401 g/mol. The Balaban J connectivity index is 1.69. The van der Waals surface area contributed by atoms with Crippen molar-refractivity contribution in [3.63, 3.8) is 0 Å². The molecule has 0 aliphatic carbocycles. The van der Waals surface area contributed by atoms with Crippen molar-refractivity contribution in [3.05, 3.63) is 33.8 Å². The summed E-state index contributed by atoms with van der Waals surface area (Å²) >= 11 is 13.2. The van der Waals surface area contributed by atoms with E-state index in [-0.39, 0.29) is 11.5 Å². The van der Waals surface area contributed by atoms with Crippen LogP contribution in [0.4, 0.5) is 5.95 Å². The maximum absolute atomic E-state index is 12.4. The van der Waals surface area contributed by atoms with Gasteiger partial charge in [-0.1, -0.05) is 35.0 Å². The van der Waals surface area contributed by atoms with E-state index in [9.17, 15) is 4.79 Å².